The number of hydrogen-bond acceptors (Lipinski definition) is 3. The second-order valence-corrected chi connectivity index (χ2v) is 4.44. The van der Waals surface area contributed by atoms with E-state index in [2.05, 4.69) is 16.4 Å². The van der Waals surface area contributed by atoms with Crippen LogP contribution in [0.5, 0.6) is 0 Å². The predicted octanol–water partition coefficient (Wildman–Crippen LogP) is 4.13. The minimum absolute atomic E-state index is 0.362. The molecule has 0 aliphatic carbocycles. The number of nitrogens with one attached hydrogen (secondary N) is 1. The monoisotopic (exact) mass is 281 g/mol. The van der Waals surface area contributed by atoms with Crippen LogP contribution in [0.2, 0.25) is 0 Å². The third kappa shape index (κ3) is 2.51. The van der Waals surface area contributed by atoms with Gasteiger partial charge in [0.05, 0.1) is 17.1 Å². The zero-order chi connectivity index (χ0) is 14.8. The van der Waals surface area contributed by atoms with Gasteiger partial charge in [0.15, 0.2) is 11.6 Å². The van der Waals surface area contributed by atoms with Gasteiger partial charge in [0.1, 0.15) is 5.82 Å². The first-order valence-corrected chi connectivity index (χ1v) is 6.19. The summed E-state index contributed by atoms with van der Waals surface area (Å²) in [6, 6.07) is 14.4. The molecule has 0 spiro atoms. The third-order valence-corrected chi connectivity index (χ3v) is 3.03. The fourth-order valence-electron chi connectivity index (χ4n) is 2.05. The van der Waals surface area contributed by atoms with Gasteiger partial charge in [-0.3, -0.25) is 0 Å². The van der Waals surface area contributed by atoms with Gasteiger partial charge in [0.2, 0.25) is 0 Å². The molecular formula is C16H9F2N3. The predicted molar refractivity (Wildman–Crippen MR) is 76.1 cm³/mol. The average Bonchev–Trinajstić information content (AvgIpc) is 2.50. The lowest BCUT2D eigenvalue weighted by molar-refractivity contribution is 0.509. The summed E-state index contributed by atoms with van der Waals surface area (Å²) in [5.74, 6) is -1.46. The Kier molecular flexibility index (Phi) is 3.20. The van der Waals surface area contributed by atoms with Gasteiger partial charge in [-0.1, -0.05) is 18.2 Å². The highest BCUT2D eigenvalue weighted by atomic mass is 19.2. The molecule has 21 heavy (non-hydrogen) atoms. The van der Waals surface area contributed by atoms with E-state index < -0.39 is 11.6 Å². The van der Waals surface area contributed by atoms with Crippen molar-refractivity contribution < 1.29 is 8.78 Å². The van der Waals surface area contributed by atoms with Crippen LogP contribution in [0.15, 0.2) is 48.5 Å². The molecule has 0 saturated heterocycles. The molecular weight excluding hydrogens is 272 g/mol. The van der Waals surface area contributed by atoms with E-state index in [4.69, 9.17) is 0 Å². The Morgan fingerprint density at radius 1 is 1.00 bits per heavy atom. The van der Waals surface area contributed by atoms with Crippen LogP contribution >= 0.6 is 0 Å². The molecule has 3 aromatic rings. The van der Waals surface area contributed by atoms with E-state index >= 15 is 0 Å². The first-order chi connectivity index (χ1) is 10.2. The molecule has 5 heteroatoms. The maximum atomic E-state index is 13.2. The molecule has 1 heterocycles. The van der Waals surface area contributed by atoms with Gasteiger partial charge in [-0.15, -0.1) is 0 Å². The topological polar surface area (TPSA) is 48.7 Å². The lowest BCUT2D eigenvalue weighted by Crippen LogP contribution is -1.97. The second kappa shape index (κ2) is 5.17. The summed E-state index contributed by atoms with van der Waals surface area (Å²) in [6.07, 6.45) is 0. The van der Waals surface area contributed by atoms with Crippen LogP contribution in [0.25, 0.3) is 10.9 Å². The van der Waals surface area contributed by atoms with Crippen LogP contribution in [0, 0.1) is 23.0 Å². The Hall–Kier alpha value is -3.00. The highest BCUT2D eigenvalue weighted by molar-refractivity contribution is 5.86. The molecule has 0 unspecified atom stereocenters. The van der Waals surface area contributed by atoms with Gasteiger partial charge in [0, 0.05) is 17.1 Å². The fourth-order valence-corrected chi connectivity index (χ4v) is 2.05. The molecule has 102 valence electrons. The fraction of sp³-hybridized carbons (Fsp3) is 0. The lowest BCUT2D eigenvalue weighted by Gasteiger charge is -2.08. The Morgan fingerprint density at radius 3 is 2.57 bits per heavy atom. The maximum absolute atomic E-state index is 13.2. The Balaban J connectivity index is 2.04. The molecule has 0 aliphatic heterocycles. The van der Waals surface area contributed by atoms with E-state index in [-0.39, 0.29) is 0 Å². The van der Waals surface area contributed by atoms with E-state index in [1.807, 2.05) is 18.2 Å². The number of para-hydroxylation sites is 1. The molecule has 0 saturated carbocycles. The van der Waals surface area contributed by atoms with Crippen molar-refractivity contribution in [1.29, 1.82) is 5.26 Å². The van der Waals surface area contributed by atoms with Crippen LogP contribution in [-0.2, 0) is 0 Å². The van der Waals surface area contributed by atoms with Crippen molar-refractivity contribution in [2.24, 2.45) is 0 Å². The summed E-state index contributed by atoms with van der Waals surface area (Å²) in [4.78, 5) is 4.35. The van der Waals surface area contributed by atoms with Crippen molar-refractivity contribution in [3.8, 4) is 6.07 Å². The molecule has 1 aromatic heterocycles. The van der Waals surface area contributed by atoms with E-state index in [0.717, 1.165) is 17.5 Å². The standard InChI is InChI=1S/C16H9F2N3/c17-13-6-5-11(8-14(13)18)20-16-7-10(9-19)12-3-1-2-4-15(12)21-16/h1-8H,(H,20,21). The van der Waals surface area contributed by atoms with Gasteiger partial charge in [-0.25, -0.2) is 13.8 Å². The molecule has 0 radical (unpaired) electrons. The number of benzene rings is 2. The van der Waals surface area contributed by atoms with Crippen LogP contribution in [0.3, 0.4) is 0 Å². The van der Waals surface area contributed by atoms with Crippen molar-refractivity contribution in [3.63, 3.8) is 0 Å². The SMILES string of the molecule is N#Cc1cc(Nc2ccc(F)c(F)c2)nc2ccccc12. The third-order valence-electron chi connectivity index (χ3n) is 3.03. The summed E-state index contributed by atoms with van der Waals surface area (Å²) < 4.78 is 26.1. The van der Waals surface area contributed by atoms with Gasteiger partial charge in [0.25, 0.3) is 0 Å². The van der Waals surface area contributed by atoms with Crippen LogP contribution in [0.4, 0.5) is 20.3 Å². The van der Waals surface area contributed by atoms with Crippen molar-refractivity contribution in [1.82, 2.24) is 4.98 Å². The molecule has 0 aliphatic rings. The van der Waals surface area contributed by atoms with Crippen LogP contribution < -0.4 is 5.32 Å². The summed E-state index contributed by atoms with van der Waals surface area (Å²) in [6.45, 7) is 0. The second-order valence-electron chi connectivity index (χ2n) is 4.44. The Bertz CT molecular complexity index is 869. The lowest BCUT2D eigenvalue weighted by atomic mass is 10.1. The molecule has 0 amide bonds. The minimum atomic E-state index is -0.943. The molecule has 2 aromatic carbocycles. The molecule has 0 atom stereocenters. The van der Waals surface area contributed by atoms with Crippen molar-refractivity contribution in [3.05, 3.63) is 65.7 Å². The number of hydrogen-bond donors (Lipinski definition) is 1. The van der Waals surface area contributed by atoms with Crippen molar-refractivity contribution in [2.75, 3.05) is 5.32 Å². The molecule has 3 rings (SSSR count). The zero-order valence-corrected chi connectivity index (χ0v) is 10.8. The highest BCUT2D eigenvalue weighted by Crippen LogP contribution is 2.23. The summed E-state index contributed by atoms with van der Waals surface area (Å²) in [7, 11) is 0. The van der Waals surface area contributed by atoms with E-state index in [9.17, 15) is 14.0 Å². The van der Waals surface area contributed by atoms with Crippen LogP contribution in [-0.4, -0.2) is 4.98 Å². The maximum Gasteiger partial charge on any atom is 0.160 e. The average molecular weight is 281 g/mol. The molecule has 1 N–H and O–H groups in total. The van der Waals surface area contributed by atoms with Gasteiger partial charge >= 0.3 is 0 Å². The number of aromatic nitrogens is 1. The summed E-state index contributed by atoms with van der Waals surface area (Å²) >= 11 is 0. The summed E-state index contributed by atoms with van der Waals surface area (Å²) in [5.41, 5.74) is 1.48. The molecule has 0 bridgehead atoms. The summed E-state index contributed by atoms with van der Waals surface area (Å²) in [5, 5.41) is 12.8. The van der Waals surface area contributed by atoms with Crippen molar-refractivity contribution >= 4 is 22.4 Å². The number of anilines is 2. The van der Waals surface area contributed by atoms with Gasteiger partial charge in [-0.2, -0.15) is 5.26 Å². The van der Waals surface area contributed by atoms with Gasteiger partial charge < -0.3 is 5.32 Å². The number of pyridine rings is 1. The highest BCUT2D eigenvalue weighted by Gasteiger charge is 2.07. The number of nitriles is 1. The van der Waals surface area contributed by atoms with E-state index in [1.165, 1.54) is 6.07 Å². The number of fused-ring (bicyclic) bond motifs is 1. The number of nitrogens with zero attached hydrogens (tertiary/aromatic N) is 2. The molecule has 0 fully saturated rings. The molecule has 3 nitrogen and oxygen atoms in total. The Labute approximate surface area is 119 Å². The first-order valence-electron chi connectivity index (χ1n) is 6.19. The number of halogens is 2. The Morgan fingerprint density at radius 2 is 1.81 bits per heavy atom. The number of rotatable bonds is 2. The quantitative estimate of drug-likeness (QED) is 0.768. The van der Waals surface area contributed by atoms with Gasteiger partial charge in [-0.05, 0) is 24.3 Å². The van der Waals surface area contributed by atoms with E-state index in [0.29, 0.717) is 22.6 Å². The smallest absolute Gasteiger partial charge is 0.160 e. The largest absolute Gasteiger partial charge is 0.340 e. The first kappa shape index (κ1) is 13.0. The van der Waals surface area contributed by atoms with Crippen LogP contribution in [0.1, 0.15) is 5.56 Å². The minimum Gasteiger partial charge on any atom is -0.340 e. The van der Waals surface area contributed by atoms with E-state index in [1.54, 1.807) is 12.1 Å². The zero-order valence-electron chi connectivity index (χ0n) is 10.8. The normalized spacial score (nSPS) is 10.3. The van der Waals surface area contributed by atoms with Crippen molar-refractivity contribution in [2.45, 2.75) is 0 Å².